The standard InChI is InChI=1S/C23H25N3O/c1-16(2)18-9-12-21(13-10-18)26-23(27)20-11-14-22(24-15-20)25-17(3)19-7-5-4-6-8-19/h4-17H,1-3H3,(H,24,25)(H,26,27). The molecule has 4 nitrogen and oxygen atoms in total. The minimum absolute atomic E-state index is 0.137. The van der Waals surface area contributed by atoms with Crippen LogP contribution in [0.15, 0.2) is 72.9 Å². The van der Waals surface area contributed by atoms with E-state index >= 15 is 0 Å². The van der Waals surface area contributed by atoms with Crippen LogP contribution in [0.2, 0.25) is 0 Å². The predicted molar refractivity (Wildman–Crippen MR) is 111 cm³/mol. The van der Waals surface area contributed by atoms with E-state index in [1.54, 1.807) is 12.3 Å². The molecule has 1 unspecified atom stereocenters. The van der Waals surface area contributed by atoms with Crippen molar-refractivity contribution in [2.24, 2.45) is 0 Å². The minimum atomic E-state index is -0.164. The van der Waals surface area contributed by atoms with Crippen LogP contribution in [0.5, 0.6) is 0 Å². The molecule has 0 saturated carbocycles. The summed E-state index contributed by atoms with van der Waals surface area (Å²) in [5.74, 6) is 1.05. The summed E-state index contributed by atoms with van der Waals surface area (Å²) in [4.78, 5) is 16.8. The van der Waals surface area contributed by atoms with Crippen LogP contribution in [0.3, 0.4) is 0 Å². The molecule has 0 aliphatic heterocycles. The maximum atomic E-state index is 12.4. The lowest BCUT2D eigenvalue weighted by molar-refractivity contribution is 0.102. The lowest BCUT2D eigenvalue weighted by Crippen LogP contribution is -2.13. The SMILES string of the molecule is CC(C)c1ccc(NC(=O)c2ccc(NC(C)c3ccccc3)nc2)cc1. The van der Waals surface area contributed by atoms with Crippen molar-refractivity contribution >= 4 is 17.4 Å². The first kappa shape index (κ1) is 18.6. The van der Waals surface area contributed by atoms with Crippen molar-refractivity contribution in [2.75, 3.05) is 10.6 Å². The van der Waals surface area contributed by atoms with Gasteiger partial charge in [-0.1, -0.05) is 56.3 Å². The van der Waals surface area contributed by atoms with E-state index in [0.717, 1.165) is 11.5 Å². The number of hydrogen-bond donors (Lipinski definition) is 2. The third-order valence-electron chi connectivity index (χ3n) is 4.52. The summed E-state index contributed by atoms with van der Waals surface area (Å²) in [7, 11) is 0. The number of anilines is 2. The summed E-state index contributed by atoms with van der Waals surface area (Å²) < 4.78 is 0. The molecular formula is C23H25N3O. The Labute approximate surface area is 160 Å². The van der Waals surface area contributed by atoms with E-state index in [0.29, 0.717) is 11.5 Å². The number of amides is 1. The lowest BCUT2D eigenvalue weighted by atomic mass is 10.0. The van der Waals surface area contributed by atoms with E-state index in [9.17, 15) is 4.79 Å². The predicted octanol–water partition coefficient (Wildman–Crippen LogP) is 5.63. The first-order valence-corrected chi connectivity index (χ1v) is 9.22. The van der Waals surface area contributed by atoms with Crippen LogP contribution in [0, 0.1) is 0 Å². The monoisotopic (exact) mass is 359 g/mol. The average molecular weight is 359 g/mol. The van der Waals surface area contributed by atoms with E-state index in [-0.39, 0.29) is 11.9 Å². The van der Waals surface area contributed by atoms with Crippen molar-refractivity contribution in [3.8, 4) is 0 Å². The Morgan fingerprint density at radius 2 is 1.56 bits per heavy atom. The zero-order valence-corrected chi connectivity index (χ0v) is 15.9. The van der Waals surface area contributed by atoms with Gasteiger partial charge in [0.2, 0.25) is 0 Å². The fourth-order valence-corrected chi connectivity index (χ4v) is 2.82. The molecule has 0 fully saturated rings. The number of nitrogens with zero attached hydrogens (tertiary/aromatic N) is 1. The molecule has 3 rings (SSSR count). The number of pyridine rings is 1. The molecule has 1 atom stereocenters. The van der Waals surface area contributed by atoms with Crippen LogP contribution in [0.4, 0.5) is 11.5 Å². The molecule has 1 heterocycles. The highest BCUT2D eigenvalue weighted by molar-refractivity contribution is 6.04. The highest BCUT2D eigenvalue weighted by atomic mass is 16.1. The van der Waals surface area contributed by atoms with Crippen LogP contribution in [-0.4, -0.2) is 10.9 Å². The Hall–Kier alpha value is -3.14. The van der Waals surface area contributed by atoms with Crippen molar-refractivity contribution in [2.45, 2.75) is 32.7 Å². The summed E-state index contributed by atoms with van der Waals surface area (Å²) in [5, 5.41) is 6.26. The van der Waals surface area contributed by atoms with Gasteiger partial charge < -0.3 is 10.6 Å². The molecule has 0 aliphatic carbocycles. The van der Waals surface area contributed by atoms with Crippen LogP contribution >= 0.6 is 0 Å². The van der Waals surface area contributed by atoms with Gasteiger partial charge in [-0.2, -0.15) is 0 Å². The van der Waals surface area contributed by atoms with Crippen LogP contribution in [-0.2, 0) is 0 Å². The first-order valence-electron chi connectivity index (χ1n) is 9.22. The second-order valence-corrected chi connectivity index (χ2v) is 6.94. The van der Waals surface area contributed by atoms with Gasteiger partial charge in [-0.25, -0.2) is 4.98 Å². The highest BCUT2D eigenvalue weighted by Crippen LogP contribution is 2.19. The fourth-order valence-electron chi connectivity index (χ4n) is 2.82. The Morgan fingerprint density at radius 3 is 2.15 bits per heavy atom. The Morgan fingerprint density at radius 1 is 0.852 bits per heavy atom. The molecule has 1 amide bonds. The molecule has 2 aromatic carbocycles. The summed E-state index contributed by atoms with van der Waals surface area (Å²) >= 11 is 0. The smallest absolute Gasteiger partial charge is 0.257 e. The molecule has 27 heavy (non-hydrogen) atoms. The van der Waals surface area contributed by atoms with Crippen LogP contribution in [0.25, 0.3) is 0 Å². The van der Waals surface area contributed by atoms with Gasteiger partial charge in [-0.15, -0.1) is 0 Å². The van der Waals surface area contributed by atoms with E-state index < -0.39 is 0 Å². The minimum Gasteiger partial charge on any atom is -0.364 e. The molecule has 4 heteroatoms. The second-order valence-electron chi connectivity index (χ2n) is 6.94. The number of nitrogens with one attached hydrogen (secondary N) is 2. The molecule has 0 radical (unpaired) electrons. The summed E-state index contributed by atoms with van der Waals surface area (Å²) in [6.45, 7) is 6.37. The molecular weight excluding hydrogens is 334 g/mol. The Bertz CT molecular complexity index is 872. The maximum absolute atomic E-state index is 12.4. The van der Waals surface area contributed by atoms with Gasteiger partial charge >= 0.3 is 0 Å². The summed E-state index contributed by atoms with van der Waals surface area (Å²) in [6, 6.07) is 21.9. The van der Waals surface area contributed by atoms with Crippen LogP contribution in [0.1, 0.15) is 54.2 Å². The van der Waals surface area contributed by atoms with E-state index in [4.69, 9.17) is 0 Å². The Balaban J connectivity index is 1.61. The fraction of sp³-hybridized carbons (Fsp3) is 0.217. The number of carbonyl (C=O) groups excluding carboxylic acids is 1. The second kappa shape index (κ2) is 8.49. The van der Waals surface area contributed by atoms with Crippen LogP contribution < -0.4 is 10.6 Å². The quantitative estimate of drug-likeness (QED) is 0.600. The molecule has 2 N–H and O–H groups in total. The topological polar surface area (TPSA) is 54.0 Å². The van der Waals surface area contributed by atoms with Crippen molar-refractivity contribution in [3.05, 3.63) is 89.6 Å². The zero-order chi connectivity index (χ0) is 19.2. The third kappa shape index (κ3) is 4.94. The summed E-state index contributed by atoms with van der Waals surface area (Å²) in [6.07, 6.45) is 1.60. The highest BCUT2D eigenvalue weighted by Gasteiger charge is 2.09. The molecule has 0 bridgehead atoms. The number of aromatic nitrogens is 1. The van der Waals surface area contributed by atoms with Gasteiger partial charge in [-0.05, 0) is 48.2 Å². The van der Waals surface area contributed by atoms with Crippen molar-refractivity contribution in [1.82, 2.24) is 4.98 Å². The molecule has 0 aliphatic rings. The van der Waals surface area contributed by atoms with Gasteiger partial charge in [0, 0.05) is 17.9 Å². The third-order valence-corrected chi connectivity index (χ3v) is 4.52. The Kier molecular flexibility index (Phi) is 5.87. The van der Waals surface area contributed by atoms with Gasteiger partial charge in [-0.3, -0.25) is 4.79 Å². The number of benzene rings is 2. The van der Waals surface area contributed by atoms with Crippen molar-refractivity contribution in [1.29, 1.82) is 0 Å². The lowest BCUT2D eigenvalue weighted by Gasteiger charge is -2.15. The number of rotatable bonds is 6. The zero-order valence-electron chi connectivity index (χ0n) is 15.9. The van der Waals surface area contributed by atoms with Gasteiger partial charge in [0.1, 0.15) is 5.82 Å². The largest absolute Gasteiger partial charge is 0.364 e. The molecule has 0 saturated heterocycles. The number of hydrogen-bond acceptors (Lipinski definition) is 3. The molecule has 0 spiro atoms. The van der Waals surface area contributed by atoms with Gasteiger partial charge in [0.25, 0.3) is 5.91 Å². The number of carbonyl (C=O) groups is 1. The maximum Gasteiger partial charge on any atom is 0.257 e. The van der Waals surface area contributed by atoms with Gasteiger partial charge in [0.15, 0.2) is 0 Å². The van der Waals surface area contributed by atoms with E-state index in [1.165, 1.54) is 11.1 Å². The molecule has 3 aromatic rings. The molecule has 1 aromatic heterocycles. The first-order chi connectivity index (χ1) is 13.0. The van der Waals surface area contributed by atoms with Gasteiger partial charge in [0.05, 0.1) is 5.56 Å². The van der Waals surface area contributed by atoms with E-state index in [1.807, 2.05) is 48.5 Å². The average Bonchev–Trinajstić information content (AvgIpc) is 2.69. The normalized spacial score (nSPS) is 11.9. The van der Waals surface area contributed by atoms with E-state index in [2.05, 4.69) is 48.5 Å². The van der Waals surface area contributed by atoms with Crippen molar-refractivity contribution in [3.63, 3.8) is 0 Å². The van der Waals surface area contributed by atoms with Crippen molar-refractivity contribution < 1.29 is 4.79 Å². The summed E-state index contributed by atoms with van der Waals surface area (Å²) in [5.41, 5.74) is 3.74. The molecule has 138 valence electrons.